The fourth-order valence-corrected chi connectivity index (χ4v) is 1.48. The Hall–Kier alpha value is -2.49. The summed E-state index contributed by atoms with van der Waals surface area (Å²) in [5, 5.41) is 0. The molecule has 0 fully saturated rings. The van der Waals surface area contributed by atoms with Gasteiger partial charge in [0.15, 0.2) is 0 Å². The smallest absolute Gasteiger partial charge is 0.333 e. The highest BCUT2D eigenvalue weighted by Crippen LogP contribution is 2.03. The fourth-order valence-electron chi connectivity index (χ4n) is 1.48. The minimum atomic E-state index is -0.986. The van der Waals surface area contributed by atoms with E-state index in [1.165, 1.54) is 0 Å². The quantitative estimate of drug-likeness (QED) is 0.611. The van der Waals surface area contributed by atoms with Crippen LogP contribution >= 0.6 is 0 Å². The Bertz CT molecular complexity index is 618. The van der Waals surface area contributed by atoms with Gasteiger partial charge in [0.2, 0.25) is 0 Å². The molecule has 1 aromatic rings. The summed E-state index contributed by atoms with van der Waals surface area (Å²) < 4.78 is 1.82. The van der Waals surface area contributed by atoms with E-state index < -0.39 is 22.7 Å². The molecule has 90 valence electrons. The van der Waals surface area contributed by atoms with Crippen LogP contribution in [0.25, 0.3) is 0 Å². The average Bonchev–Trinajstić information content (AvgIpc) is 2.24. The Morgan fingerprint density at radius 2 is 2.00 bits per heavy atom. The number of nitrogens with two attached hydrogens (primary N) is 2. The van der Waals surface area contributed by atoms with E-state index in [2.05, 4.69) is 5.92 Å². The number of carbonyl (C=O) groups excluding carboxylic acids is 1. The molecule has 0 radical (unpaired) electrons. The van der Waals surface area contributed by atoms with Gasteiger partial charge in [-0.2, -0.15) is 0 Å². The normalized spacial score (nSPS) is 9.88. The summed E-state index contributed by atoms with van der Waals surface area (Å²) in [6.07, 6.45) is 5.05. The van der Waals surface area contributed by atoms with E-state index >= 15 is 0 Å². The van der Waals surface area contributed by atoms with Crippen molar-refractivity contribution in [1.29, 1.82) is 0 Å². The summed E-state index contributed by atoms with van der Waals surface area (Å²) >= 11 is 0. The van der Waals surface area contributed by atoms with Gasteiger partial charge in [0, 0.05) is 6.54 Å². The SMILES string of the molecule is C#CCn1c(=O)c(C(N)=O)c(N)n(CC)c1=O. The van der Waals surface area contributed by atoms with E-state index in [4.69, 9.17) is 17.9 Å². The molecule has 0 bridgehead atoms. The Kier molecular flexibility index (Phi) is 3.38. The molecule has 17 heavy (non-hydrogen) atoms. The van der Waals surface area contributed by atoms with Gasteiger partial charge in [-0.15, -0.1) is 6.42 Å². The van der Waals surface area contributed by atoms with Gasteiger partial charge in [-0.3, -0.25) is 14.2 Å². The van der Waals surface area contributed by atoms with Crippen LogP contribution in [0.15, 0.2) is 9.59 Å². The second-order valence-corrected chi connectivity index (χ2v) is 3.25. The van der Waals surface area contributed by atoms with Gasteiger partial charge in [0.25, 0.3) is 11.5 Å². The lowest BCUT2D eigenvalue weighted by molar-refractivity contribution is 0.0998. The predicted molar refractivity (Wildman–Crippen MR) is 62.4 cm³/mol. The van der Waals surface area contributed by atoms with E-state index in [1.54, 1.807) is 6.92 Å². The summed E-state index contributed by atoms with van der Waals surface area (Å²) in [5.74, 6) is 0.941. The van der Waals surface area contributed by atoms with Crippen LogP contribution in [0.3, 0.4) is 0 Å². The number of carbonyl (C=O) groups is 1. The molecule has 1 rings (SSSR count). The van der Waals surface area contributed by atoms with Crippen LogP contribution in [0, 0.1) is 12.3 Å². The third-order valence-corrected chi connectivity index (χ3v) is 2.28. The standard InChI is InChI=1S/C10H12N4O3/c1-3-5-14-9(16)6(8(12)15)7(11)13(4-2)10(14)17/h1H,4-5,11H2,2H3,(H2,12,15). The zero-order valence-electron chi connectivity index (χ0n) is 9.27. The maximum Gasteiger partial charge on any atom is 0.333 e. The number of rotatable bonds is 3. The molecule has 0 saturated heterocycles. The third kappa shape index (κ3) is 1.92. The van der Waals surface area contributed by atoms with Gasteiger partial charge in [-0.25, -0.2) is 9.36 Å². The van der Waals surface area contributed by atoms with Gasteiger partial charge in [0.05, 0.1) is 6.54 Å². The topological polar surface area (TPSA) is 113 Å². The van der Waals surface area contributed by atoms with Crippen LogP contribution < -0.4 is 22.7 Å². The number of primary amides is 1. The van der Waals surface area contributed by atoms with Gasteiger partial charge in [0.1, 0.15) is 11.4 Å². The Morgan fingerprint density at radius 3 is 2.41 bits per heavy atom. The van der Waals surface area contributed by atoms with Crippen molar-refractivity contribution in [3.8, 4) is 12.3 Å². The van der Waals surface area contributed by atoms with Gasteiger partial charge in [-0.05, 0) is 6.92 Å². The summed E-state index contributed by atoms with van der Waals surface area (Å²) in [6.45, 7) is 1.61. The second kappa shape index (κ2) is 4.57. The van der Waals surface area contributed by atoms with Crippen molar-refractivity contribution >= 4 is 11.7 Å². The fraction of sp³-hybridized carbons (Fsp3) is 0.300. The second-order valence-electron chi connectivity index (χ2n) is 3.25. The minimum Gasteiger partial charge on any atom is -0.384 e. The summed E-state index contributed by atoms with van der Waals surface area (Å²) in [4.78, 5) is 34.7. The van der Waals surface area contributed by atoms with Crippen molar-refractivity contribution in [2.75, 3.05) is 5.73 Å². The van der Waals surface area contributed by atoms with Crippen LogP contribution in [0.5, 0.6) is 0 Å². The van der Waals surface area contributed by atoms with E-state index in [9.17, 15) is 14.4 Å². The molecule has 7 nitrogen and oxygen atoms in total. The monoisotopic (exact) mass is 236 g/mol. The number of amides is 1. The molecule has 0 spiro atoms. The Labute approximate surface area is 96.6 Å². The highest BCUT2D eigenvalue weighted by molar-refractivity contribution is 5.96. The molecule has 1 aromatic heterocycles. The highest BCUT2D eigenvalue weighted by atomic mass is 16.2. The first-order valence-corrected chi connectivity index (χ1v) is 4.82. The number of terminal acetylenes is 1. The minimum absolute atomic E-state index is 0.204. The molecule has 0 unspecified atom stereocenters. The average molecular weight is 236 g/mol. The van der Waals surface area contributed by atoms with E-state index in [0.29, 0.717) is 0 Å². The van der Waals surface area contributed by atoms with Crippen LogP contribution in [-0.2, 0) is 13.1 Å². The lowest BCUT2D eigenvalue weighted by Gasteiger charge is -2.12. The van der Waals surface area contributed by atoms with Gasteiger partial charge in [-0.1, -0.05) is 5.92 Å². The Balaban J connectivity index is 3.84. The summed E-state index contributed by atoms with van der Waals surface area (Å²) in [6, 6.07) is 0. The third-order valence-electron chi connectivity index (χ3n) is 2.28. The first-order chi connectivity index (χ1) is 7.95. The van der Waals surface area contributed by atoms with Crippen LogP contribution in [0.4, 0.5) is 5.82 Å². The zero-order valence-corrected chi connectivity index (χ0v) is 9.27. The maximum atomic E-state index is 11.8. The van der Waals surface area contributed by atoms with Gasteiger partial charge < -0.3 is 11.5 Å². The first kappa shape index (κ1) is 12.6. The maximum absolute atomic E-state index is 11.8. The molecule has 0 saturated carbocycles. The van der Waals surface area contributed by atoms with Crippen LogP contribution in [0.1, 0.15) is 17.3 Å². The molecule has 0 aromatic carbocycles. The lowest BCUT2D eigenvalue weighted by Crippen LogP contribution is -2.44. The summed E-state index contributed by atoms with van der Waals surface area (Å²) in [7, 11) is 0. The van der Waals surface area contributed by atoms with Crippen molar-refractivity contribution in [1.82, 2.24) is 9.13 Å². The molecule has 7 heteroatoms. The van der Waals surface area contributed by atoms with Crippen molar-refractivity contribution in [3.63, 3.8) is 0 Å². The number of aromatic nitrogens is 2. The number of anilines is 1. The molecule has 1 heterocycles. The first-order valence-electron chi connectivity index (χ1n) is 4.82. The van der Waals surface area contributed by atoms with Crippen molar-refractivity contribution in [2.45, 2.75) is 20.0 Å². The van der Waals surface area contributed by atoms with Crippen molar-refractivity contribution in [3.05, 3.63) is 26.4 Å². The van der Waals surface area contributed by atoms with E-state index in [0.717, 1.165) is 9.13 Å². The molecular weight excluding hydrogens is 224 g/mol. The lowest BCUT2D eigenvalue weighted by atomic mass is 10.2. The van der Waals surface area contributed by atoms with Crippen molar-refractivity contribution in [2.24, 2.45) is 5.73 Å². The van der Waals surface area contributed by atoms with Gasteiger partial charge >= 0.3 is 5.69 Å². The number of hydrogen-bond donors (Lipinski definition) is 2. The molecule has 0 aliphatic carbocycles. The molecule has 1 amide bonds. The number of nitrogen functional groups attached to an aromatic ring is 1. The highest BCUT2D eigenvalue weighted by Gasteiger charge is 2.19. The van der Waals surface area contributed by atoms with E-state index in [1.807, 2.05) is 0 Å². The molecule has 0 aliphatic heterocycles. The van der Waals surface area contributed by atoms with Crippen LogP contribution in [-0.4, -0.2) is 15.0 Å². The van der Waals surface area contributed by atoms with Crippen molar-refractivity contribution < 1.29 is 4.79 Å². The summed E-state index contributed by atoms with van der Waals surface area (Å²) in [5.41, 5.74) is 8.69. The zero-order chi connectivity index (χ0) is 13.2. The molecular formula is C10H12N4O3. The molecule has 0 atom stereocenters. The number of hydrogen-bond acceptors (Lipinski definition) is 4. The number of nitrogens with zero attached hydrogens (tertiary/aromatic N) is 2. The molecule has 0 aliphatic rings. The van der Waals surface area contributed by atoms with E-state index in [-0.39, 0.29) is 18.9 Å². The van der Waals surface area contributed by atoms with Crippen LogP contribution in [0.2, 0.25) is 0 Å². The predicted octanol–water partition coefficient (Wildman–Crippen LogP) is -1.66. The molecule has 4 N–H and O–H groups in total. The Morgan fingerprint density at radius 1 is 1.41 bits per heavy atom. The largest absolute Gasteiger partial charge is 0.384 e.